The Bertz CT molecular complexity index is 66.8. The minimum absolute atomic E-state index is 0.503. The van der Waals surface area contributed by atoms with E-state index in [1.165, 1.54) is 0 Å². The molecule has 0 aromatic rings. The molecule has 8 heavy (non-hydrogen) atoms. The lowest BCUT2D eigenvalue weighted by molar-refractivity contribution is 0.000433. The van der Waals surface area contributed by atoms with Gasteiger partial charge in [0.2, 0.25) is 0 Å². The molecule has 0 spiro atoms. The smallest absolute Gasteiger partial charge is 0.0923 e. The Hall–Kier alpha value is -0.120. The lowest BCUT2D eigenvalue weighted by Crippen LogP contribution is -2.43. The molecule has 1 heterocycles. The van der Waals surface area contributed by atoms with Crippen molar-refractivity contribution in [2.24, 2.45) is 0 Å². The Morgan fingerprint density at radius 1 is 1.25 bits per heavy atom. The molecule has 0 aromatic heterocycles. The van der Waals surface area contributed by atoms with Crippen LogP contribution < -0.4 is 5.32 Å². The van der Waals surface area contributed by atoms with Gasteiger partial charge in [0, 0.05) is 6.54 Å². The topological polar surface area (TPSA) is 52.5 Å². The molecule has 48 valence electrons. The predicted molar refractivity (Wildman–Crippen MR) is 29.5 cm³/mol. The van der Waals surface area contributed by atoms with E-state index in [1.807, 2.05) is 0 Å². The molecule has 3 nitrogen and oxygen atoms in total. The number of aliphatic hydroxyl groups excluding tert-OH is 2. The van der Waals surface area contributed by atoms with E-state index in [1.54, 1.807) is 0 Å². The van der Waals surface area contributed by atoms with Crippen molar-refractivity contribution >= 4 is 0 Å². The molecule has 0 bridgehead atoms. The predicted octanol–water partition coefficient (Wildman–Crippen LogP) is -1.30. The van der Waals surface area contributed by atoms with Crippen LogP contribution >= 0.6 is 0 Å². The van der Waals surface area contributed by atoms with Gasteiger partial charge < -0.3 is 15.5 Å². The van der Waals surface area contributed by atoms with Gasteiger partial charge in [-0.1, -0.05) is 0 Å². The summed E-state index contributed by atoms with van der Waals surface area (Å²) in [4.78, 5) is 0. The summed E-state index contributed by atoms with van der Waals surface area (Å²) in [6.45, 7) is 1.35. The summed E-state index contributed by atoms with van der Waals surface area (Å²) in [7, 11) is 0. The van der Waals surface area contributed by atoms with Gasteiger partial charge in [-0.3, -0.25) is 0 Å². The highest BCUT2D eigenvalue weighted by Gasteiger charge is 2.18. The Labute approximate surface area is 48.3 Å². The molecule has 2 atom stereocenters. The van der Waals surface area contributed by atoms with Crippen molar-refractivity contribution in [3.63, 3.8) is 0 Å². The van der Waals surface area contributed by atoms with Crippen molar-refractivity contribution in [3.05, 3.63) is 0 Å². The molecule has 0 amide bonds. The van der Waals surface area contributed by atoms with Crippen LogP contribution in [0.15, 0.2) is 0 Å². The van der Waals surface area contributed by atoms with E-state index in [0.717, 1.165) is 6.54 Å². The maximum Gasteiger partial charge on any atom is 0.0923 e. The minimum Gasteiger partial charge on any atom is -0.390 e. The second kappa shape index (κ2) is 2.44. The molecule has 0 radical (unpaired) electrons. The second-order valence-corrected chi connectivity index (χ2v) is 2.13. The fourth-order valence-corrected chi connectivity index (χ4v) is 0.828. The first-order valence-corrected chi connectivity index (χ1v) is 2.87. The Morgan fingerprint density at radius 2 is 2.00 bits per heavy atom. The quantitative estimate of drug-likeness (QED) is 0.369. The number of hydrogen-bond donors (Lipinski definition) is 3. The van der Waals surface area contributed by atoms with Crippen LogP contribution in [0.3, 0.4) is 0 Å². The summed E-state index contributed by atoms with van der Waals surface area (Å²) in [6.07, 6.45) is -0.388. The normalized spacial score (nSPS) is 39.8. The van der Waals surface area contributed by atoms with Gasteiger partial charge in [0.1, 0.15) is 0 Å². The van der Waals surface area contributed by atoms with Crippen LogP contribution in [-0.2, 0) is 0 Å². The van der Waals surface area contributed by atoms with Crippen molar-refractivity contribution in [1.29, 1.82) is 0 Å². The van der Waals surface area contributed by atoms with E-state index in [9.17, 15) is 0 Å². The zero-order chi connectivity index (χ0) is 5.98. The van der Waals surface area contributed by atoms with Crippen LogP contribution in [0.25, 0.3) is 0 Å². The summed E-state index contributed by atoms with van der Waals surface area (Å²) in [5, 5.41) is 20.7. The van der Waals surface area contributed by atoms with Crippen molar-refractivity contribution in [3.8, 4) is 0 Å². The molecule has 0 unspecified atom stereocenters. The van der Waals surface area contributed by atoms with E-state index in [-0.39, 0.29) is 0 Å². The van der Waals surface area contributed by atoms with Crippen molar-refractivity contribution in [2.75, 3.05) is 13.1 Å². The highest BCUT2D eigenvalue weighted by atomic mass is 16.3. The number of nitrogens with one attached hydrogen (secondary N) is 1. The van der Waals surface area contributed by atoms with Crippen molar-refractivity contribution in [1.82, 2.24) is 5.32 Å². The molecule has 1 aliphatic heterocycles. The van der Waals surface area contributed by atoms with Crippen LogP contribution in [0.1, 0.15) is 6.42 Å². The molecule has 1 fully saturated rings. The first-order valence-electron chi connectivity index (χ1n) is 2.87. The summed E-state index contributed by atoms with van der Waals surface area (Å²) in [6, 6.07) is 0. The van der Waals surface area contributed by atoms with Gasteiger partial charge in [-0.25, -0.2) is 0 Å². The number of piperidine rings is 1. The second-order valence-electron chi connectivity index (χ2n) is 2.13. The van der Waals surface area contributed by atoms with Gasteiger partial charge in [0.05, 0.1) is 12.2 Å². The Kier molecular flexibility index (Phi) is 1.83. The Balaban J connectivity index is 2.28. The maximum atomic E-state index is 8.89. The molecule has 1 aliphatic rings. The third kappa shape index (κ3) is 1.18. The van der Waals surface area contributed by atoms with E-state index in [2.05, 4.69) is 5.32 Å². The lowest BCUT2D eigenvalue weighted by atomic mass is 10.1. The average molecular weight is 117 g/mol. The van der Waals surface area contributed by atoms with Gasteiger partial charge in [-0.15, -0.1) is 0 Å². The highest BCUT2D eigenvalue weighted by Crippen LogP contribution is 2.01. The molecule has 1 rings (SSSR count). The van der Waals surface area contributed by atoms with Gasteiger partial charge in [0.15, 0.2) is 0 Å². The van der Waals surface area contributed by atoms with Crippen molar-refractivity contribution < 1.29 is 10.2 Å². The third-order valence-electron chi connectivity index (χ3n) is 1.41. The molecular formula is C5H11NO2. The first kappa shape index (κ1) is 6.01. The van der Waals surface area contributed by atoms with Crippen LogP contribution in [0.4, 0.5) is 0 Å². The largest absolute Gasteiger partial charge is 0.390 e. The highest BCUT2D eigenvalue weighted by molar-refractivity contribution is 4.75. The summed E-state index contributed by atoms with van der Waals surface area (Å²) >= 11 is 0. The lowest BCUT2D eigenvalue weighted by Gasteiger charge is -2.23. The monoisotopic (exact) mass is 117 g/mol. The third-order valence-corrected chi connectivity index (χ3v) is 1.41. The summed E-state index contributed by atoms with van der Waals surface area (Å²) < 4.78 is 0. The molecular weight excluding hydrogens is 106 g/mol. The van der Waals surface area contributed by atoms with E-state index < -0.39 is 12.2 Å². The SMILES string of the molecule is O[C@@H]1CCNC[C@@H]1O. The fraction of sp³-hybridized carbons (Fsp3) is 1.00. The first-order chi connectivity index (χ1) is 3.80. The van der Waals surface area contributed by atoms with E-state index in [4.69, 9.17) is 10.2 Å². The van der Waals surface area contributed by atoms with Crippen LogP contribution in [0, 0.1) is 0 Å². The molecule has 0 saturated carbocycles. The van der Waals surface area contributed by atoms with Gasteiger partial charge in [-0.05, 0) is 13.0 Å². The molecule has 3 heteroatoms. The standard InChI is InChI=1S/C5H11NO2/c7-4-1-2-6-3-5(4)8/h4-8H,1-3H2/t4-,5+/m1/s1. The molecule has 1 saturated heterocycles. The number of β-amino-alcohol motifs (C(OH)–C–C–N with tert-alkyl or cyclic N) is 1. The number of aliphatic hydroxyl groups is 2. The average Bonchev–Trinajstić information content (AvgIpc) is 1.77. The molecule has 0 aromatic carbocycles. The van der Waals surface area contributed by atoms with Gasteiger partial charge in [-0.2, -0.15) is 0 Å². The zero-order valence-corrected chi connectivity index (χ0v) is 4.67. The van der Waals surface area contributed by atoms with E-state index in [0.29, 0.717) is 13.0 Å². The minimum atomic E-state index is -0.552. The summed E-state index contributed by atoms with van der Waals surface area (Å²) in [5.74, 6) is 0. The molecule has 0 aliphatic carbocycles. The fourth-order valence-electron chi connectivity index (χ4n) is 0.828. The zero-order valence-electron chi connectivity index (χ0n) is 4.67. The molecule has 3 N–H and O–H groups in total. The van der Waals surface area contributed by atoms with Crippen LogP contribution in [0.5, 0.6) is 0 Å². The summed E-state index contributed by atoms with van der Waals surface area (Å²) in [5.41, 5.74) is 0. The van der Waals surface area contributed by atoms with E-state index >= 15 is 0 Å². The van der Waals surface area contributed by atoms with Crippen LogP contribution in [0.2, 0.25) is 0 Å². The van der Waals surface area contributed by atoms with Crippen molar-refractivity contribution in [2.45, 2.75) is 18.6 Å². The van der Waals surface area contributed by atoms with Crippen LogP contribution in [-0.4, -0.2) is 35.5 Å². The maximum absolute atomic E-state index is 8.89. The number of rotatable bonds is 0. The number of hydrogen-bond acceptors (Lipinski definition) is 3. The Morgan fingerprint density at radius 3 is 2.38 bits per heavy atom. The van der Waals surface area contributed by atoms with Gasteiger partial charge >= 0.3 is 0 Å². The van der Waals surface area contributed by atoms with Gasteiger partial charge in [0.25, 0.3) is 0 Å².